The first kappa shape index (κ1) is 14.5. The molecule has 0 saturated carbocycles. The molecule has 0 spiro atoms. The van der Waals surface area contributed by atoms with E-state index in [0.717, 1.165) is 6.41 Å². The topological polar surface area (TPSA) is 46.6 Å². The molecule has 0 rings (SSSR count). The molecule has 0 unspecified atom stereocenters. The Hall–Kier alpha value is -1.06. The van der Waals surface area contributed by atoms with Crippen molar-refractivity contribution in [3.05, 3.63) is 0 Å². The Morgan fingerprint density at radius 2 is 1.62 bits per heavy atom. The highest BCUT2D eigenvalue weighted by Gasteiger charge is 2.11. The lowest BCUT2D eigenvalue weighted by atomic mass is 10.2. The fraction of sp³-hybridized carbons (Fsp3) is 0.778. The van der Waals surface area contributed by atoms with Crippen molar-refractivity contribution in [2.45, 2.75) is 33.3 Å². The Kier molecular flexibility index (Phi) is 7.18. The summed E-state index contributed by atoms with van der Waals surface area (Å²) >= 11 is 0. The molecule has 0 aliphatic carbocycles. The van der Waals surface area contributed by atoms with E-state index in [1.54, 1.807) is 14.1 Å². The summed E-state index contributed by atoms with van der Waals surface area (Å²) in [4.78, 5) is 21.1. The van der Waals surface area contributed by atoms with E-state index in [0.29, 0.717) is 0 Å². The third-order valence-corrected chi connectivity index (χ3v) is 0.661. The molecule has 0 aliphatic heterocycles. The van der Waals surface area contributed by atoms with Crippen molar-refractivity contribution in [3.63, 3.8) is 0 Å². The molecule has 0 aromatic rings. The van der Waals surface area contributed by atoms with Crippen LogP contribution in [-0.4, -0.2) is 37.0 Å². The van der Waals surface area contributed by atoms with Gasteiger partial charge in [-0.3, -0.25) is 9.59 Å². The van der Waals surface area contributed by atoms with Gasteiger partial charge in [0.05, 0.1) is 0 Å². The molecular weight excluding hydrogens is 170 g/mol. The Bertz CT molecular complexity index is 159. The summed E-state index contributed by atoms with van der Waals surface area (Å²) in [6.45, 7) is 6.93. The molecule has 4 heteroatoms. The number of ether oxygens (including phenoxy) is 1. The highest BCUT2D eigenvalue weighted by Crippen LogP contribution is 2.05. The van der Waals surface area contributed by atoms with Gasteiger partial charge in [0.15, 0.2) is 0 Å². The largest absolute Gasteiger partial charge is 0.460 e. The van der Waals surface area contributed by atoms with Gasteiger partial charge >= 0.3 is 5.97 Å². The normalized spacial score (nSPS) is 9.38. The zero-order valence-corrected chi connectivity index (χ0v) is 9.25. The third kappa shape index (κ3) is 24.8. The van der Waals surface area contributed by atoms with Crippen molar-refractivity contribution in [3.8, 4) is 0 Å². The van der Waals surface area contributed by atoms with Gasteiger partial charge in [-0.25, -0.2) is 0 Å². The number of hydrogen-bond donors (Lipinski definition) is 0. The maximum Gasteiger partial charge on any atom is 0.303 e. The van der Waals surface area contributed by atoms with Crippen LogP contribution in [0.2, 0.25) is 0 Å². The molecule has 0 N–H and O–H groups in total. The van der Waals surface area contributed by atoms with E-state index >= 15 is 0 Å². The molecule has 78 valence electrons. The van der Waals surface area contributed by atoms with Crippen LogP contribution in [0, 0.1) is 0 Å². The monoisotopic (exact) mass is 189 g/mol. The molecule has 0 fully saturated rings. The molecular formula is C9H19NO3. The molecule has 13 heavy (non-hydrogen) atoms. The summed E-state index contributed by atoms with van der Waals surface area (Å²) in [6.07, 6.45) is 0.750. The smallest absolute Gasteiger partial charge is 0.303 e. The second-order valence-electron chi connectivity index (χ2n) is 3.78. The first-order chi connectivity index (χ1) is 5.69. The molecule has 0 aliphatic rings. The highest BCUT2D eigenvalue weighted by atomic mass is 16.6. The summed E-state index contributed by atoms with van der Waals surface area (Å²) in [5, 5.41) is 0. The van der Waals surface area contributed by atoms with Crippen LogP contribution < -0.4 is 0 Å². The summed E-state index contributed by atoms with van der Waals surface area (Å²) in [5.74, 6) is -0.225. The quantitative estimate of drug-likeness (QED) is 0.457. The van der Waals surface area contributed by atoms with Crippen LogP contribution in [0.15, 0.2) is 0 Å². The molecule has 0 saturated heterocycles. The minimum absolute atomic E-state index is 0.225. The van der Waals surface area contributed by atoms with Gasteiger partial charge in [0.2, 0.25) is 6.41 Å². The van der Waals surface area contributed by atoms with Crippen LogP contribution in [0.5, 0.6) is 0 Å². The van der Waals surface area contributed by atoms with E-state index < -0.39 is 0 Å². The molecule has 0 atom stereocenters. The molecule has 0 aromatic carbocycles. The van der Waals surface area contributed by atoms with Crippen LogP contribution in [0.3, 0.4) is 0 Å². The molecule has 0 bridgehead atoms. The predicted molar refractivity (Wildman–Crippen MR) is 51.3 cm³/mol. The average molecular weight is 189 g/mol. The summed E-state index contributed by atoms with van der Waals surface area (Å²) in [5.41, 5.74) is -0.328. The molecule has 4 nitrogen and oxygen atoms in total. The zero-order valence-electron chi connectivity index (χ0n) is 9.25. The minimum atomic E-state index is -0.328. The molecule has 0 heterocycles. The third-order valence-electron chi connectivity index (χ3n) is 0.661. The maximum atomic E-state index is 10.2. The van der Waals surface area contributed by atoms with Gasteiger partial charge in [-0.1, -0.05) is 0 Å². The van der Waals surface area contributed by atoms with Gasteiger partial charge in [-0.2, -0.15) is 0 Å². The van der Waals surface area contributed by atoms with E-state index in [4.69, 9.17) is 4.74 Å². The minimum Gasteiger partial charge on any atom is -0.460 e. The van der Waals surface area contributed by atoms with Crippen molar-refractivity contribution in [2.75, 3.05) is 14.1 Å². The lowest BCUT2D eigenvalue weighted by Crippen LogP contribution is -2.21. The van der Waals surface area contributed by atoms with E-state index in [1.807, 2.05) is 20.8 Å². The molecule has 0 aromatic heterocycles. The van der Waals surface area contributed by atoms with Gasteiger partial charge in [-0.05, 0) is 20.8 Å². The molecule has 1 amide bonds. The lowest BCUT2D eigenvalue weighted by molar-refractivity contribution is -0.151. The second-order valence-corrected chi connectivity index (χ2v) is 3.78. The van der Waals surface area contributed by atoms with Crippen molar-refractivity contribution in [2.24, 2.45) is 0 Å². The van der Waals surface area contributed by atoms with Crippen LogP contribution in [-0.2, 0) is 14.3 Å². The van der Waals surface area contributed by atoms with Gasteiger partial charge in [0.1, 0.15) is 5.60 Å². The van der Waals surface area contributed by atoms with Crippen molar-refractivity contribution >= 4 is 12.4 Å². The zero-order chi connectivity index (χ0) is 11.1. The summed E-state index contributed by atoms with van der Waals surface area (Å²) < 4.78 is 4.80. The first-order valence-electron chi connectivity index (χ1n) is 4.00. The number of rotatable bonds is 1. The highest BCUT2D eigenvalue weighted by molar-refractivity contribution is 5.66. The SMILES string of the molecule is CC(=O)OC(C)(C)C.CN(C)C=O. The van der Waals surface area contributed by atoms with Crippen LogP contribution in [0.1, 0.15) is 27.7 Å². The average Bonchev–Trinajstić information content (AvgIpc) is 1.83. The maximum absolute atomic E-state index is 10.2. The van der Waals surface area contributed by atoms with Crippen molar-refractivity contribution in [1.82, 2.24) is 4.90 Å². The van der Waals surface area contributed by atoms with Crippen molar-refractivity contribution in [1.29, 1.82) is 0 Å². The Balaban J connectivity index is 0. The number of carbonyl (C=O) groups excluding carboxylic acids is 2. The Labute approximate surface area is 79.9 Å². The van der Waals surface area contributed by atoms with Crippen molar-refractivity contribution < 1.29 is 14.3 Å². The van der Waals surface area contributed by atoms with Gasteiger partial charge in [0, 0.05) is 21.0 Å². The van der Waals surface area contributed by atoms with E-state index in [-0.39, 0.29) is 11.6 Å². The summed E-state index contributed by atoms with van der Waals surface area (Å²) in [6, 6.07) is 0. The number of hydrogen-bond acceptors (Lipinski definition) is 3. The number of nitrogens with zero attached hydrogens (tertiary/aromatic N) is 1. The lowest BCUT2D eigenvalue weighted by Gasteiger charge is -2.17. The standard InChI is InChI=1S/C6H12O2.C3H7NO/c1-5(7)8-6(2,3)4;1-4(2)3-5/h1-4H3;3H,1-2H3. The van der Waals surface area contributed by atoms with E-state index in [2.05, 4.69) is 0 Å². The Morgan fingerprint density at radius 3 is 1.62 bits per heavy atom. The van der Waals surface area contributed by atoms with Gasteiger partial charge in [-0.15, -0.1) is 0 Å². The summed E-state index contributed by atoms with van der Waals surface area (Å²) in [7, 11) is 3.38. The number of carbonyl (C=O) groups is 2. The van der Waals surface area contributed by atoms with Gasteiger partial charge < -0.3 is 9.64 Å². The number of amides is 1. The van der Waals surface area contributed by atoms with E-state index in [9.17, 15) is 9.59 Å². The fourth-order valence-corrected chi connectivity index (χ4v) is 0.431. The predicted octanol–water partition coefficient (Wildman–Crippen LogP) is 1.05. The van der Waals surface area contributed by atoms with Crippen LogP contribution >= 0.6 is 0 Å². The number of esters is 1. The second kappa shape index (κ2) is 6.46. The van der Waals surface area contributed by atoms with Crippen LogP contribution in [0.4, 0.5) is 0 Å². The molecule has 0 radical (unpaired) electrons. The van der Waals surface area contributed by atoms with E-state index in [1.165, 1.54) is 11.8 Å². The first-order valence-corrected chi connectivity index (χ1v) is 4.00. The van der Waals surface area contributed by atoms with Gasteiger partial charge in [0.25, 0.3) is 0 Å². The fourth-order valence-electron chi connectivity index (χ4n) is 0.431. The Morgan fingerprint density at radius 1 is 1.31 bits per heavy atom. The van der Waals surface area contributed by atoms with Crippen LogP contribution in [0.25, 0.3) is 0 Å².